The molecule has 1 aromatic heterocycles. The fourth-order valence-electron chi connectivity index (χ4n) is 1.98. The molecule has 13 heteroatoms. The molecule has 0 saturated carbocycles. The number of nitrogens with zero attached hydrogens (tertiary/aromatic N) is 3. The van der Waals surface area contributed by atoms with Crippen LogP contribution in [0, 0.1) is 0 Å². The smallest absolute Gasteiger partial charge is 0.410 e. The van der Waals surface area contributed by atoms with Gasteiger partial charge in [0.15, 0.2) is 11.7 Å². The molecule has 0 aliphatic heterocycles. The molecule has 162 valence electrons. The molecule has 0 atom stereocenters. The van der Waals surface area contributed by atoms with E-state index in [0.29, 0.717) is 6.61 Å². The molecule has 0 radical (unpaired) electrons. The lowest BCUT2D eigenvalue weighted by Crippen LogP contribution is -2.24. The summed E-state index contributed by atoms with van der Waals surface area (Å²) < 4.78 is 11.5. The second-order valence-corrected chi connectivity index (χ2v) is 12.8. The number of nitrogens with two attached hydrogens (primary N) is 1. The number of hydrogen-bond donors (Lipinski definition) is 3. The molecule has 0 aromatic carbocycles. The zero-order valence-electron chi connectivity index (χ0n) is 16.9. The predicted molar refractivity (Wildman–Crippen MR) is 106 cm³/mol. The van der Waals surface area contributed by atoms with E-state index in [1.165, 1.54) is 18.0 Å². The van der Waals surface area contributed by atoms with Crippen molar-refractivity contribution in [2.45, 2.75) is 45.3 Å². The lowest BCUT2D eigenvalue weighted by Gasteiger charge is -2.16. The number of carboxylic acid groups (broad SMARTS) is 1. The van der Waals surface area contributed by atoms with Gasteiger partial charge in [-0.1, -0.05) is 24.8 Å². The van der Waals surface area contributed by atoms with E-state index >= 15 is 0 Å². The molecule has 0 bridgehead atoms. The van der Waals surface area contributed by atoms with Crippen molar-refractivity contribution in [2.24, 2.45) is 10.9 Å². The lowest BCUT2D eigenvalue weighted by atomic mass is 10.3. The van der Waals surface area contributed by atoms with Crippen LogP contribution in [0.3, 0.4) is 0 Å². The summed E-state index contributed by atoms with van der Waals surface area (Å²) in [6.45, 7) is 7.22. The highest BCUT2D eigenvalue weighted by molar-refractivity contribution is 6.76. The highest BCUT2D eigenvalue weighted by atomic mass is 28.3. The van der Waals surface area contributed by atoms with Gasteiger partial charge < -0.3 is 29.7 Å². The maximum Gasteiger partial charge on any atom is 0.410 e. The minimum Gasteiger partial charge on any atom is -0.469 e. The molecular formula is C16H27N5O7Si. The molecule has 1 aromatic rings. The van der Waals surface area contributed by atoms with Crippen LogP contribution in [0.25, 0.3) is 0 Å². The van der Waals surface area contributed by atoms with Gasteiger partial charge in [-0.2, -0.15) is 0 Å². The molecule has 12 nitrogen and oxygen atoms in total. The quantitative estimate of drug-likeness (QED) is 0.0895. The number of imidazole rings is 1. The molecule has 0 spiro atoms. The molecular weight excluding hydrogens is 402 g/mol. The number of oxime groups is 1. The van der Waals surface area contributed by atoms with E-state index in [0.717, 1.165) is 6.04 Å². The molecule has 4 N–H and O–H groups in total. The summed E-state index contributed by atoms with van der Waals surface area (Å²) in [6, 6.07) is 0.943. The number of anilines is 1. The molecule has 1 amide bonds. The van der Waals surface area contributed by atoms with Crippen LogP contribution in [0.1, 0.15) is 18.5 Å². The number of amides is 1. The van der Waals surface area contributed by atoms with Crippen LogP contribution in [0.2, 0.25) is 25.7 Å². The van der Waals surface area contributed by atoms with E-state index < -0.39 is 26.1 Å². The average molecular weight is 430 g/mol. The van der Waals surface area contributed by atoms with E-state index in [4.69, 9.17) is 15.6 Å². The van der Waals surface area contributed by atoms with Gasteiger partial charge in [-0.15, -0.1) is 0 Å². The van der Waals surface area contributed by atoms with Crippen LogP contribution in [-0.4, -0.2) is 60.3 Å². The lowest BCUT2D eigenvalue weighted by molar-refractivity contribution is -0.148. The van der Waals surface area contributed by atoms with Crippen molar-refractivity contribution in [2.75, 3.05) is 19.0 Å². The molecule has 0 unspecified atom stereocenters. The first kappa shape index (κ1) is 24.1. The summed E-state index contributed by atoms with van der Waals surface area (Å²) in [4.78, 5) is 42.3. The maximum absolute atomic E-state index is 11.6. The Kier molecular flexibility index (Phi) is 9.28. The van der Waals surface area contributed by atoms with Crippen molar-refractivity contribution >= 4 is 37.8 Å². The van der Waals surface area contributed by atoms with Gasteiger partial charge in [-0.3, -0.25) is 10.1 Å². The first-order valence-corrected chi connectivity index (χ1v) is 12.5. The predicted octanol–water partition coefficient (Wildman–Crippen LogP) is 1.40. The van der Waals surface area contributed by atoms with Crippen molar-refractivity contribution in [3.05, 3.63) is 12.0 Å². The SMILES string of the molecule is COC(=O)CCC(=O)ON=C(N)c1c(NC(=O)O)ncn1COCC[Si](C)(C)C. The topological polar surface area (TPSA) is 167 Å². The number of ether oxygens (including phenoxy) is 2. The summed E-state index contributed by atoms with van der Waals surface area (Å²) in [5.41, 5.74) is 5.94. The minimum absolute atomic E-state index is 0.0562. The van der Waals surface area contributed by atoms with Crippen LogP contribution >= 0.6 is 0 Å². The Morgan fingerprint density at radius 3 is 2.52 bits per heavy atom. The average Bonchev–Trinajstić information content (AvgIpc) is 3.02. The molecule has 0 fully saturated rings. The third-order valence-electron chi connectivity index (χ3n) is 3.54. The standard InChI is InChI=1S/C16H27N5O7Si/c1-26-11(22)5-6-12(23)28-20-14(17)13-15(19-16(24)25)18-9-21(13)10-27-7-8-29(2,3)4/h9,19H,5-8,10H2,1-4H3,(H2,17,20)(H,24,25). The number of nitrogens with one attached hydrogen (secondary N) is 1. The molecule has 0 aliphatic rings. The minimum atomic E-state index is -1.35. The molecule has 1 heterocycles. The van der Waals surface area contributed by atoms with E-state index in [9.17, 15) is 14.4 Å². The second kappa shape index (κ2) is 11.2. The van der Waals surface area contributed by atoms with Gasteiger partial charge in [0.1, 0.15) is 12.4 Å². The van der Waals surface area contributed by atoms with Crippen LogP contribution in [0.5, 0.6) is 0 Å². The first-order valence-electron chi connectivity index (χ1n) is 8.77. The van der Waals surface area contributed by atoms with Gasteiger partial charge in [0.05, 0.1) is 26.3 Å². The number of rotatable bonds is 11. The monoisotopic (exact) mass is 429 g/mol. The van der Waals surface area contributed by atoms with Crippen LogP contribution < -0.4 is 11.1 Å². The zero-order chi connectivity index (χ0) is 22.0. The van der Waals surface area contributed by atoms with Crippen molar-refractivity contribution in [3.63, 3.8) is 0 Å². The van der Waals surface area contributed by atoms with Gasteiger partial charge in [0.25, 0.3) is 0 Å². The zero-order valence-corrected chi connectivity index (χ0v) is 17.9. The first-order chi connectivity index (χ1) is 13.5. The number of esters is 1. The molecule has 0 aliphatic carbocycles. The highest BCUT2D eigenvalue weighted by Gasteiger charge is 2.19. The molecule has 1 rings (SSSR count). The third-order valence-corrected chi connectivity index (χ3v) is 5.24. The largest absolute Gasteiger partial charge is 0.469 e. The normalized spacial score (nSPS) is 11.8. The number of carbonyl (C=O) groups excluding carboxylic acids is 2. The number of carbonyl (C=O) groups is 3. The Bertz CT molecular complexity index is 757. The van der Waals surface area contributed by atoms with Gasteiger partial charge in [-0.05, 0) is 6.04 Å². The fraction of sp³-hybridized carbons (Fsp3) is 0.562. The molecule has 29 heavy (non-hydrogen) atoms. The van der Waals surface area contributed by atoms with Crippen molar-refractivity contribution in [3.8, 4) is 0 Å². The van der Waals surface area contributed by atoms with Crippen LogP contribution in [0.15, 0.2) is 11.5 Å². The van der Waals surface area contributed by atoms with Crippen LogP contribution in [-0.2, 0) is 30.6 Å². The number of aromatic nitrogens is 2. The third kappa shape index (κ3) is 9.20. The Morgan fingerprint density at radius 1 is 1.28 bits per heavy atom. The van der Waals surface area contributed by atoms with Crippen molar-refractivity contribution < 1.29 is 33.8 Å². The highest BCUT2D eigenvalue weighted by Crippen LogP contribution is 2.15. The number of methoxy groups -OCH3 is 1. The molecule has 0 saturated heterocycles. The Balaban J connectivity index is 2.85. The fourth-order valence-corrected chi connectivity index (χ4v) is 2.73. The second-order valence-electron chi connectivity index (χ2n) is 7.21. The van der Waals surface area contributed by atoms with E-state index in [1.54, 1.807) is 0 Å². The summed E-state index contributed by atoms with van der Waals surface area (Å²) >= 11 is 0. The van der Waals surface area contributed by atoms with E-state index in [2.05, 4.69) is 44.7 Å². The van der Waals surface area contributed by atoms with Gasteiger partial charge in [0.2, 0.25) is 0 Å². The van der Waals surface area contributed by atoms with Gasteiger partial charge in [-0.25, -0.2) is 14.6 Å². The summed E-state index contributed by atoms with van der Waals surface area (Å²) in [7, 11) is -0.0683. The summed E-state index contributed by atoms with van der Waals surface area (Å²) in [5.74, 6) is -1.74. The van der Waals surface area contributed by atoms with E-state index in [1.807, 2.05) is 0 Å². The Labute approximate surface area is 169 Å². The van der Waals surface area contributed by atoms with Gasteiger partial charge >= 0.3 is 18.0 Å². The van der Waals surface area contributed by atoms with Crippen LogP contribution in [0.4, 0.5) is 10.6 Å². The van der Waals surface area contributed by atoms with Crippen molar-refractivity contribution in [1.29, 1.82) is 0 Å². The number of hydrogen-bond acceptors (Lipinski definition) is 8. The van der Waals surface area contributed by atoms with E-state index in [-0.39, 0.29) is 36.9 Å². The van der Waals surface area contributed by atoms with Crippen molar-refractivity contribution in [1.82, 2.24) is 9.55 Å². The summed E-state index contributed by atoms with van der Waals surface area (Å²) in [5, 5.41) is 14.6. The maximum atomic E-state index is 11.6. The summed E-state index contributed by atoms with van der Waals surface area (Å²) in [6.07, 6.45) is -0.433. The number of amidine groups is 1. The van der Waals surface area contributed by atoms with Gasteiger partial charge in [0, 0.05) is 14.7 Å². The Morgan fingerprint density at radius 2 is 1.93 bits per heavy atom. The Hall–Kier alpha value is -2.93.